The van der Waals surface area contributed by atoms with Gasteiger partial charge in [-0.2, -0.15) is 0 Å². The molecule has 4 heterocycles. The fourth-order valence-electron chi connectivity index (χ4n) is 3.64. The molecule has 1 amide bonds. The standard InChI is InChI=1S/C17H20N4O3/c22-17(20-16-7-18-3-4-19-16)6-12-11-24-15-10-21(9-14(12)15)8-13-2-1-5-23-13/h1-5,7,12,14-15H,6,8-11H2,(H,19,20,22)/t12-,14-,15-/m1/s1. The van der Waals surface area contributed by atoms with Crippen molar-refractivity contribution >= 4 is 11.7 Å². The molecule has 2 aromatic heterocycles. The molecule has 7 nitrogen and oxygen atoms in total. The largest absolute Gasteiger partial charge is 0.468 e. The summed E-state index contributed by atoms with van der Waals surface area (Å²) in [5, 5.41) is 2.80. The van der Waals surface area contributed by atoms with Gasteiger partial charge in [-0.05, 0) is 18.1 Å². The lowest BCUT2D eigenvalue weighted by molar-refractivity contribution is -0.117. The second-order valence-corrected chi connectivity index (χ2v) is 6.41. The third-order valence-corrected chi connectivity index (χ3v) is 4.75. The van der Waals surface area contributed by atoms with Gasteiger partial charge >= 0.3 is 0 Å². The fraction of sp³-hybridized carbons (Fsp3) is 0.471. The molecule has 2 aromatic rings. The second kappa shape index (κ2) is 6.70. The van der Waals surface area contributed by atoms with Crippen LogP contribution in [0.2, 0.25) is 0 Å². The first-order chi connectivity index (χ1) is 11.8. The van der Waals surface area contributed by atoms with Crippen molar-refractivity contribution in [1.82, 2.24) is 14.9 Å². The number of aromatic nitrogens is 2. The Bertz CT molecular complexity index is 676. The van der Waals surface area contributed by atoms with Crippen molar-refractivity contribution < 1.29 is 13.9 Å². The smallest absolute Gasteiger partial charge is 0.225 e. The van der Waals surface area contributed by atoms with Gasteiger partial charge in [-0.25, -0.2) is 4.98 Å². The number of nitrogens with one attached hydrogen (secondary N) is 1. The topological polar surface area (TPSA) is 80.5 Å². The van der Waals surface area contributed by atoms with E-state index in [1.165, 1.54) is 0 Å². The number of hydrogen-bond acceptors (Lipinski definition) is 6. The molecule has 1 N–H and O–H groups in total. The van der Waals surface area contributed by atoms with Crippen molar-refractivity contribution in [2.24, 2.45) is 11.8 Å². The van der Waals surface area contributed by atoms with Crippen molar-refractivity contribution in [3.8, 4) is 0 Å². The molecule has 2 saturated heterocycles. The molecule has 0 aromatic carbocycles. The number of ether oxygens (including phenoxy) is 1. The molecule has 2 aliphatic heterocycles. The lowest BCUT2D eigenvalue weighted by Gasteiger charge is -2.18. The number of carbonyl (C=O) groups is 1. The van der Waals surface area contributed by atoms with E-state index in [0.29, 0.717) is 24.8 Å². The van der Waals surface area contributed by atoms with Gasteiger partial charge < -0.3 is 14.5 Å². The van der Waals surface area contributed by atoms with Gasteiger partial charge in [-0.3, -0.25) is 14.7 Å². The predicted octanol–water partition coefficient (Wildman–Crippen LogP) is 1.55. The molecule has 24 heavy (non-hydrogen) atoms. The van der Waals surface area contributed by atoms with Gasteiger partial charge in [0.2, 0.25) is 5.91 Å². The first kappa shape index (κ1) is 15.3. The lowest BCUT2D eigenvalue weighted by Crippen LogP contribution is -2.26. The van der Waals surface area contributed by atoms with Crippen LogP contribution in [0.4, 0.5) is 5.82 Å². The van der Waals surface area contributed by atoms with Crippen LogP contribution in [0.25, 0.3) is 0 Å². The van der Waals surface area contributed by atoms with Crippen LogP contribution >= 0.6 is 0 Å². The molecule has 2 aliphatic rings. The van der Waals surface area contributed by atoms with E-state index in [1.807, 2.05) is 12.1 Å². The van der Waals surface area contributed by atoms with Crippen LogP contribution < -0.4 is 5.32 Å². The second-order valence-electron chi connectivity index (χ2n) is 6.41. The predicted molar refractivity (Wildman–Crippen MR) is 86.0 cm³/mol. The third-order valence-electron chi connectivity index (χ3n) is 4.75. The Morgan fingerprint density at radius 3 is 3.12 bits per heavy atom. The molecule has 0 aliphatic carbocycles. The van der Waals surface area contributed by atoms with Crippen molar-refractivity contribution in [1.29, 1.82) is 0 Å². The van der Waals surface area contributed by atoms with Crippen LogP contribution in [0.15, 0.2) is 41.4 Å². The highest BCUT2D eigenvalue weighted by Crippen LogP contribution is 2.36. The summed E-state index contributed by atoms with van der Waals surface area (Å²) in [5.74, 6) is 2.06. The minimum atomic E-state index is -0.0331. The molecule has 0 saturated carbocycles. The first-order valence-corrected chi connectivity index (χ1v) is 8.20. The van der Waals surface area contributed by atoms with Crippen LogP contribution in [0.3, 0.4) is 0 Å². The summed E-state index contributed by atoms with van der Waals surface area (Å²) in [5.41, 5.74) is 0. The fourth-order valence-corrected chi connectivity index (χ4v) is 3.64. The SMILES string of the molecule is O=C(C[C@@H]1CO[C@@H]2CN(Cc3ccco3)C[C@H]12)Nc1cnccn1. The number of amides is 1. The third kappa shape index (κ3) is 3.32. The highest BCUT2D eigenvalue weighted by Gasteiger charge is 2.44. The van der Waals surface area contributed by atoms with Gasteiger partial charge in [0, 0.05) is 37.8 Å². The van der Waals surface area contributed by atoms with Gasteiger partial charge in [0.15, 0.2) is 5.82 Å². The molecule has 0 spiro atoms. The molecule has 7 heteroatoms. The van der Waals surface area contributed by atoms with E-state index < -0.39 is 0 Å². The number of furan rings is 1. The van der Waals surface area contributed by atoms with Crippen molar-refractivity contribution in [3.63, 3.8) is 0 Å². The summed E-state index contributed by atoms with van der Waals surface area (Å²) >= 11 is 0. The summed E-state index contributed by atoms with van der Waals surface area (Å²) in [4.78, 5) is 22.6. The minimum absolute atomic E-state index is 0.0331. The number of carbonyl (C=O) groups excluding carboxylic acids is 1. The van der Waals surface area contributed by atoms with Crippen molar-refractivity contribution in [3.05, 3.63) is 42.7 Å². The zero-order chi connectivity index (χ0) is 16.4. The molecular weight excluding hydrogens is 308 g/mol. The van der Waals surface area contributed by atoms with Gasteiger partial charge in [-0.1, -0.05) is 0 Å². The van der Waals surface area contributed by atoms with Gasteiger partial charge in [0.25, 0.3) is 0 Å². The summed E-state index contributed by atoms with van der Waals surface area (Å²) in [6.07, 6.45) is 7.06. The Morgan fingerprint density at radius 2 is 2.33 bits per heavy atom. The molecule has 3 atom stereocenters. The highest BCUT2D eigenvalue weighted by atomic mass is 16.5. The maximum Gasteiger partial charge on any atom is 0.225 e. The highest BCUT2D eigenvalue weighted by molar-refractivity contribution is 5.89. The number of hydrogen-bond donors (Lipinski definition) is 1. The summed E-state index contributed by atoms with van der Waals surface area (Å²) in [6.45, 7) is 3.28. The Balaban J connectivity index is 1.31. The summed E-state index contributed by atoms with van der Waals surface area (Å²) in [7, 11) is 0. The number of rotatable bonds is 5. The molecular formula is C17H20N4O3. The quantitative estimate of drug-likeness (QED) is 0.897. The summed E-state index contributed by atoms with van der Waals surface area (Å²) in [6, 6.07) is 3.89. The Labute approximate surface area is 140 Å². The minimum Gasteiger partial charge on any atom is -0.468 e. The maximum atomic E-state index is 12.2. The van der Waals surface area contributed by atoms with E-state index in [2.05, 4.69) is 20.2 Å². The number of anilines is 1. The van der Waals surface area contributed by atoms with E-state index in [4.69, 9.17) is 9.15 Å². The molecule has 0 bridgehead atoms. The zero-order valence-electron chi connectivity index (χ0n) is 13.3. The van der Waals surface area contributed by atoms with E-state index in [0.717, 1.165) is 25.4 Å². The molecule has 2 fully saturated rings. The number of nitrogens with zero attached hydrogens (tertiary/aromatic N) is 3. The van der Waals surface area contributed by atoms with Gasteiger partial charge in [0.1, 0.15) is 5.76 Å². The van der Waals surface area contributed by atoms with Crippen LogP contribution in [0, 0.1) is 11.8 Å². The first-order valence-electron chi connectivity index (χ1n) is 8.20. The van der Waals surface area contributed by atoms with Crippen molar-refractivity contribution in [2.75, 3.05) is 25.0 Å². The number of likely N-dealkylation sites (tertiary alicyclic amines) is 1. The Hall–Kier alpha value is -2.25. The molecule has 0 unspecified atom stereocenters. The molecule has 0 radical (unpaired) electrons. The van der Waals surface area contributed by atoms with Crippen molar-refractivity contribution in [2.45, 2.75) is 19.1 Å². The van der Waals surface area contributed by atoms with Crippen LogP contribution in [-0.4, -0.2) is 46.6 Å². The normalized spacial score (nSPS) is 26.4. The van der Waals surface area contributed by atoms with E-state index in [-0.39, 0.29) is 17.9 Å². The van der Waals surface area contributed by atoms with Crippen LogP contribution in [-0.2, 0) is 16.1 Å². The van der Waals surface area contributed by atoms with Crippen LogP contribution in [0.5, 0.6) is 0 Å². The molecule has 4 rings (SSSR count). The maximum absolute atomic E-state index is 12.2. The lowest BCUT2D eigenvalue weighted by atomic mass is 9.90. The average Bonchev–Trinajstić information content (AvgIpc) is 3.28. The number of fused-ring (bicyclic) bond motifs is 1. The summed E-state index contributed by atoms with van der Waals surface area (Å²) < 4.78 is 11.3. The average molecular weight is 328 g/mol. The van der Waals surface area contributed by atoms with E-state index in [1.54, 1.807) is 24.9 Å². The van der Waals surface area contributed by atoms with E-state index in [9.17, 15) is 4.79 Å². The Morgan fingerprint density at radius 1 is 1.38 bits per heavy atom. The van der Waals surface area contributed by atoms with E-state index >= 15 is 0 Å². The zero-order valence-corrected chi connectivity index (χ0v) is 13.3. The monoisotopic (exact) mass is 328 g/mol. The van der Waals surface area contributed by atoms with Crippen LogP contribution in [0.1, 0.15) is 12.2 Å². The Kier molecular flexibility index (Phi) is 4.27. The molecule has 126 valence electrons. The van der Waals surface area contributed by atoms with Gasteiger partial charge in [-0.15, -0.1) is 0 Å². The van der Waals surface area contributed by atoms with Gasteiger partial charge in [0.05, 0.1) is 31.7 Å².